The van der Waals surface area contributed by atoms with E-state index in [0.717, 1.165) is 6.54 Å². The Morgan fingerprint density at radius 3 is 3.00 bits per heavy atom. The molecular formula is C8H14N2O. The van der Waals surface area contributed by atoms with Crippen molar-refractivity contribution in [2.45, 2.75) is 25.3 Å². The fraction of sp³-hybridized carbons (Fsp3) is 1.00. The molecule has 0 spiro atoms. The van der Waals surface area contributed by atoms with Gasteiger partial charge in [-0.1, -0.05) is 5.18 Å². The van der Waals surface area contributed by atoms with Crippen LogP contribution in [0.2, 0.25) is 0 Å². The predicted molar refractivity (Wildman–Crippen MR) is 43.4 cm³/mol. The van der Waals surface area contributed by atoms with Crippen LogP contribution < -0.4 is 0 Å². The molecule has 3 aliphatic heterocycles. The van der Waals surface area contributed by atoms with Crippen molar-refractivity contribution >= 4 is 0 Å². The quantitative estimate of drug-likeness (QED) is 0.532. The van der Waals surface area contributed by atoms with Crippen LogP contribution >= 0.6 is 0 Å². The van der Waals surface area contributed by atoms with Crippen LogP contribution in [-0.4, -0.2) is 30.6 Å². The summed E-state index contributed by atoms with van der Waals surface area (Å²) in [6.45, 7) is 3.30. The Balaban J connectivity index is 2.09. The van der Waals surface area contributed by atoms with Crippen molar-refractivity contribution in [3.8, 4) is 0 Å². The van der Waals surface area contributed by atoms with Crippen LogP contribution in [0.5, 0.6) is 0 Å². The van der Waals surface area contributed by atoms with Crippen molar-refractivity contribution < 1.29 is 0 Å². The highest BCUT2D eigenvalue weighted by atomic mass is 16.3. The molecule has 3 rings (SSSR count). The fourth-order valence-corrected chi connectivity index (χ4v) is 2.28. The summed E-state index contributed by atoms with van der Waals surface area (Å²) in [4.78, 5) is 12.8. The Morgan fingerprint density at radius 1 is 1.27 bits per heavy atom. The molecule has 62 valence electrons. The van der Waals surface area contributed by atoms with Crippen LogP contribution in [0.3, 0.4) is 0 Å². The summed E-state index contributed by atoms with van der Waals surface area (Å²) in [7, 11) is 0. The van der Waals surface area contributed by atoms with Crippen LogP contribution in [0.25, 0.3) is 0 Å². The maximum atomic E-state index is 10.4. The molecule has 0 amide bonds. The van der Waals surface area contributed by atoms with Gasteiger partial charge in [-0.25, -0.2) is 0 Å². The zero-order valence-electron chi connectivity index (χ0n) is 6.70. The molecule has 3 atom stereocenters. The first-order chi connectivity index (χ1) is 5.40. The van der Waals surface area contributed by atoms with E-state index in [4.69, 9.17) is 0 Å². The lowest BCUT2D eigenvalue weighted by Gasteiger charge is -2.30. The molecule has 3 heterocycles. The van der Waals surface area contributed by atoms with Gasteiger partial charge in [0.15, 0.2) is 0 Å². The highest BCUT2D eigenvalue weighted by Crippen LogP contribution is 2.28. The number of nitroso groups, excluding NO2 is 1. The molecule has 3 nitrogen and oxygen atoms in total. The third kappa shape index (κ3) is 1.29. The van der Waals surface area contributed by atoms with Crippen molar-refractivity contribution in [2.75, 3.05) is 19.6 Å². The number of nitrogens with zero attached hydrogens (tertiary/aromatic N) is 2. The lowest BCUT2D eigenvalue weighted by Crippen LogP contribution is -2.39. The smallest absolute Gasteiger partial charge is 0.107 e. The van der Waals surface area contributed by atoms with Crippen molar-refractivity contribution in [1.82, 2.24) is 4.90 Å². The molecule has 0 saturated carbocycles. The van der Waals surface area contributed by atoms with E-state index in [2.05, 4.69) is 10.1 Å². The van der Waals surface area contributed by atoms with E-state index in [1.165, 1.54) is 32.4 Å². The lowest BCUT2D eigenvalue weighted by atomic mass is 9.91. The Labute approximate surface area is 66.7 Å². The third-order valence-corrected chi connectivity index (χ3v) is 2.99. The van der Waals surface area contributed by atoms with Gasteiger partial charge >= 0.3 is 0 Å². The summed E-state index contributed by atoms with van der Waals surface area (Å²) >= 11 is 0. The molecule has 2 bridgehead atoms. The van der Waals surface area contributed by atoms with Crippen LogP contribution in [-0.2, 0) is 0 Å². The second-order valence-electron chi connectivity index (χ2n) is 3.66. The van der Waals surface area contributed by atoms with Gasteiger partial charge in [-0.2, -0.15) is 4.91 Å². The number of hydrogen-bond donors (Lipinski definition) is 0. The van der Waals surface area contributed by atoms with Gasteiger partial charge in [-0.15, -0.1) is 0 Å². The highest BCUT2D eigenvalue weighted by molar-refractivity contribution is 4.88. The molecule has 0 aromatic rings. The number of piperidine rings is 1. The average Bonchev–Trinajstić information content (AvgIpc) is 2.37. The van der Waals surface area contributed by atoms with E-state index in [1.54, 1.807) is 0 Å². The Bertz CT molecular complexity index is 156. The lowest BCUT2D eigenvalue weighted by molar-refractivity contribution is 0.198. The van der Waals surface area contributed by atoms with Gasteiger partial charge < -0.3 is 4.90 Å². The van der Waals surface area contributed by atoms with Crippen molar-refractivity contribution in [3.05, 3.63) is 4.91 Å². The normalized spacial score (nSPS) is 43.5. The number of fused-ring (bicyclic) bond motifs is 4. The molecule has 0 aromatic carbocycles. The molecule has 0 N–H and O–H groups in total. The first-order valence-corrected chi connectivity index (χ1v) is 4.45. The Morgan fingerprint density at radius 2 is 2.18 bits per heavy atom. The molecule has 0 radical (unpaired) electrons. The monoisotopic (exact) mass is 154 g/mol. The molecule has 3 unspecified atom stereocenters. The Kier molecular flexibility index (Phi) is 1.90. The van der Waals surface area contributed by atoms with E-state index in [9.17, 15) is 4.91 Å². The van der Waals surface area contributed by atoms with Gasteiger partial charge in [0.2, 0.25) is 0 Å². The topological polar surface area (TPSA) is 32.7 Å². The summed E-state index contributed by atoms with van der Waals surface area (Å²) < 4.78 is 0. The Hall–Kier alpha value is -0.440. The maximum Gasteiger partial charge on any atom is 0.107 e. The maximum absolute atomic E-state index is 10.4. The van der Waals surface area contributed by atoms with Crippen LogP contribution in [0.1, 0.15) is 19.3 Å². The van der Waals surface area contributed by atoms with Gasteiger partial charge in [0.25, 0.3) is 0 Å². The third-order valence-electron chi connectivity index (χ3n) is 2.99. The van der Waals surface area contributed by atoms with Crippen molar-refractivity contribution in [3.63, 3.8) is 0 Å². The zero-order chi connectivity index (χ0) is 7.68. The minimum absolute atomic E-state index is 0.103. The van der Waals surface area contributed by atoms with Crippen molar-refractivity contribution in [2.24, 2.45) is 11.1 Å². The van der Waals surface area contributed by atoms with Gasteiger partial charge in [-0.05, 0) is 38.3 Å². The first-order valence-electron chi connectivity index (χ1n) is 4.45. The molecule has 3 heteroatoms. The van der Waals surface area contributed by atoms with E-state index in [0.29, 0.717) is 5.92 Å². The number of rotatable bonds is 1. The summed E-state index contributed by atoms with van der Waals surface area (Å²) in [6, 6.07) is 0.103. The first kappa shape index (κ1) is 7.22. The van der Waals surface area contributed by atoms with Crippen LogP contribution in [0.4, 0.5) is 0 Å². The molecule has 3 fully saturated rings. The minimum atomic E-state index is 0.103. The van der Waals surface area contributed by atoms with Crippen LogP contribution in [0.15, 0.2) is 5.18 Å². The van der Waals surface area contributed by atoms with Gasteiger partial charge in [0.05, 0.1) is 0 Å². The van der Waals surface area contributed by atoms with Gasteiger partial charge in [0.1, 0.15) is 6.04 Å². The standard InChI is InChI=1S/C8H14N2O/c11-9-8-6-10-4-1-2-7(8)3-5-10/h7-8H,1-6H2. The molecule has 3 aliphatic rings. The summed E-state index contributed by atoms with van der Waals surface area (Å²) in [6.07, 6.45) is 3.67. The molecule has 11 heavy (non-hydrogen) atoms. The molecule has 0 aromatic heterocycles. The van der Waals surface area contributed by atoms with Crippen molar-refractivity contribution in [1.29, 1.82) is 0 Å². The predicted octanol–water partition coefficient (Wildman–Crippen LogP) is 1.24. The van der Waals surface area contributed by atoms with E-state index >= 15 is 0 Å². The number of hydrogen-bond acceptors (Lipinski definition) is 3. The molecule has 3 saturated heterocycles. The second kappa shape index (κ2) is 2.89. The molecule has 0 aliphatic carbocycles. The van der Waals surface area contributed by atoms with E-state index in [1.807, 2.05) is 0 Å². The fourth-order valence-electron chi connectivity index (χ4n) is 2.28. The van der Waals surface area contributed by atoms with E-state index in [-0.39, 0.29) is 6.04 Å². The SMILES string of the molecule is O=NC1CN2CCCC1CC2. The average molecular weight is 154 g/mol. The second-order valence-corrected chi connectivity index (χ2v) is 3.66. The van der Waals surface area contributed by atoms with Crippen LogP contribution in [0, 0.1) is 10.8 Å². The van der Waals surface area contributed by atoms with Gasteiger partial charge in [-0.3, -0.25) is 0 Å². The molecular weight excluding hydrogens is 140 g/mol. The summed E-state index contributed by atoms with van der Waals surface area (Å²) in [5.74, 6) is 0.603. The summed E-state index contributed by atoms with van der Waals surface area (Å²) in [5, 5.41) is 3.20. The van der Waals surface area contributed by atoms with E-state index < -0.39 is 0 Å². The minimum Gasteiger partial charge on any atom is -0.301 e. The van der Waals surface area contributed by atoms with Gasteiger partial charge in [0, 0.05) is 6.54 Å². The highest BCUT2D eigenvalue weighted by Gasteiger charge is 2.32. The zero-order valence-corrected chi connectivity index (χ0v) is 6.70. The largest absolute Gasteiger partial charge is 0.301 e. The summed E-state index contributed by atoms with van der Waals surface area (Å²) in [5.41, 5.74) is 0.